The maximum absolute atomic E-state index is 15.3. The molecular formula is C25H21ClF2N8O2. The van der Waals surface area contributed by atoms with Gasteiger partial charge in [-0.25, -0.2) is 13.8 Å². The molecule has 1 saturated heterocycles. The number of hydrogen-bond donors (Lipinski definition) is 2. The third-order valence-corrected chi connectivity index (χ3v) is 7.39. The fraction of sp³-hybridized carbons (Fsp3) is 0.280. The molecule has 1 amide bonds. The molecule has 4 aromatic rings. The zero-order valence-electron chi connectivity index (χ0n) is 20.1. The highest BCUT2D eigenvalue weighted by Crippen LogP contribution is 2.44. The second-order valence-corrected chi connectivity index (χ2v) is 9.64. The minimum atomic E-state index is -0.644. The molecule has 0 radical (unpaired) electrons. The molecule has 1 fully saturated rings. The number of aliphatic hydroxyl groups excluding tert-OH is 1. The van der Waals surface area contributed by atoms with E-state index >= 15 is 4.39 Å². The van der Waals surface area contributed by atoms with Crippen LogP contribution in [0.25, 0.3) is 22.5 Å². The average Bonchev–Trinajstić information content (AvgIpc) is 3.66. The van der Waals surface area contributed by atoms with Crippen LogP contribution >= 0.6 is 11.6 Å². The van der Waals surface area contributed by atoms with Crippen LogP contribution < -0.4 is 0 Å². The summed E-state index contributed by atoms with van der Waals surface area (Å²) in [5.41, 5.74) is 2.29. The molecule has 2 aliphatic rings. The average molecular weight is 539 g/mol. The van der Waals surface area contributed by atoms with Gasteiger partial charge in [-0.3, -0.25) is 9.78 Å². The van der Waals surface area contributed by atoms with Crippen molar-refractivity contribution in [3.05, 3.63) is 76.2 Å². The Bertz CT molecular complexity index is 1590. The van der Waals surface area contributed by atoms with E-state index in [4.69, 9.17) is 11.6 Å². The molecule has 10 nitrogen and oxygen atoms in total. The number of nitrogens with zero attached hydrogens (tertiary/aromatic N) is 7. The molecule has 6 rings (SSSR count). The Balaban J connectivity index is 1.35. The zero-order valence-corrected chi connectivity index (χ0v) is 20.8. The van der Waals surface area contributed by atoms with Gasteiger partial charge in [0.25, 0.3) is 0 Å². The zero-order chi connectivity index (χ0) is 26.6. The summed E-state index contributed by atoms with van der Waals surface area (Å²) in [6, 6.07) is 3.99. The fourth-order valence-electron chi connectivity index (χ4n) is 5.40. The number of aromatic amines is 1. The maximum Gasteiger partial charge on any atom is 0.247 e. The number of halogens is 3. The van der Waals surface area contributed by atoms with Crippen LogP contribution in [0, 0.1) is 18.6 Å². The van der Waals surface area contributed by atoms with Crippen molar-refractivity contribution in [1.29, 1.82) is 0 Å². The van der Waals surface area contributed by atoms with E-state index in [0.29, 0.717) is 47.7 Å². The SMILES string of the molecule is Cc1nc(C2CCC3CC(c4c(-n5cnnn5)ccc(Cl)c4F)=CC(=O)N32)[nH]c1-c1ccnc(CO)c1F. The lowest BCUT2D eigenvalue weighted by Gasteiger charge is -2.33. The molecule has 0 aliphatic carbocycles. The highest BCUT2D eigenvalue weighted by molar-refractivity contribution is 6.31. The predicted molar refractivity (Wildman–Crippen MR) is 132 cm³/mol. The first-order chi connectivity index (χ1) is 18.4. The van der Waals surface area contributed by atoms with Crippen molar-refractivity contribution in [2.75, 3.05) is 0 Å². The molecule has 3 aromatic heterocycles. The minimum Gasteiger partial charge on any atom is -0.390 e. The van der Waals surface area contributed by atoms with Crippen LogP contribution in [-0.2, 0) is 11.4 Å². The molecule has 38 heavy (non-hydrogen) atoms. The molecular weight excluding hydrogens is 518 g/mol. The fourth-order valence-corrected chi connectivity index (χ4v) is 5.56. The highest BCUT2D eigenvalue weighted by atomic mass is 35.5. The van der Waals surface area contributed by atoms with E-state index in [2.05, 4.69) is 30.5 Å². The number of H-pyrrole nitrogens is 1. The van der Waals surface area contributed by atoms with Gasteiger partial charge in [0.15, 0.2) is 11.6 Å². The van der Waals surface area contributed by atoms with Crippen LogP contribution in [0.15, 0.2) is 36.8 Å². The number of imidazole rings is 1. The van der Waals surface area contributed by atoms with Gasteiger partial charge in [-0.2, -0.15) is 4.68 Å². The summed E-state index contributed by atoms with van der Waals surface area (Å²) in [5.74, 6) is -1.01. The summed E-state index contributed by atoms with van der Waals surface area (Å²) in [4.78, 5) is 26.9. The number of aliphatic hydroxyl groups is 1. The molecule has 0 spiro atoms. The second-order valence-electron chi connectivity index (χ2n) is 9.24. The van der Waals surface area contributed by atoms with Gasteiger partial charge in [0, 0.05) is 29.4 Å². The molecule has 0 bridgehead atoms. The molecule has 13 heteroatoms. The van der Waals surface area contributed by atoms with E-state index in [9.17, 15) is 14.3 Å². The lowest BCUT2D eigenvalue weighted by Crippen LogP contribution is -2.39. The Morgan fingerprint density at radius 2 is 2.05 bits per heavy atom. The number of nitrogens with one attached hydrogen (secondary N) is 1. The first kappa shape index (κ1) is 24.3. The number of aryl methyl sites for hydroxylation is 1. The molecule has 5 heterocycles. The number of amides is 1. The van der Waals surface area contributed by atoms with Crippen LogP contribution in [0.5, 0.6) is 0 Å². The van der Waals surface area contributed by atoms with Crippen LogP contribution in [0.2, 0.25) is 5.02 Å². The summed E-state index contributed by atoms with van der Waals surface area (Å²) in [6.07, 6.45) is 5.89. The van der Waals surface area contributed by atoms with Gasteiger partial charge in [0.2, 0.25) is 5.91 Å². The van der Waals surface area contributed by atoms with Gasteiger partial charge in [-0.15, -0.1) is 5.10 Å². The summed E-state index contributed by atoms with van der Waals surface area (Å²) in [5, 5.41) is 20.4. The number of tetrazole rings is 1. The Hall–Kier alpha value is -4.03. The number of rotatable bonds is 5. The number of hydrogen-bond acceptors (Lipinski definition) is 7. The van der Waals surface area contributed by atoms with Crippen molar-refractivity contribution in [2.24, 2.45) is 0 Å². The number of carbonyl (C=O) groups excluding carboxylic acids is 1. The first-order valence-corrected chi connectivity index (χ1v) is 12.3. The molecule has 194 valence electrons. The third-order valence-electron chi connectivity index (χ3n) is 7.10. The van der Waals surface area contributed by atoms with E-state index in [0.717, 1.165) is 0 Å². The van der Waals surface area contributed by atoms with Crippen molar-refractivity contribution >= 4 is 23.1 Å². The summed E-state index contributed by atoms with van der Waals surface area (Å²) in [7, 11) is 0. The van der Waals surface area contributed by atoms with Crippen LogP contribution in [0.1, 0.15) is 48.1 Å². The smallest absolute Gasteiger partial charge is 0.247 e. The molecule has 1 aromatic carbocycles. The van der Waals surface area contributed by atoms with Crippen molar-refractivity contribution in [2.45, 2.75) is 44.9 Å². The highest BCUT2D eigenvalue weighted by Gasteiger charge is 2.42. The van der Waals surface area contributed by atoms with E-state index in [1.807, 2.05) is 0 Å². The van der Waals surface area contributed by atoms with Crippen molar-refractivity contribution < 1.29 is 18.7 Å². The summed E-state index contributed by atoms with van der Waals surface area (Å²) in [6.45, 7) is 1.22. The number of aromatic nitrogens is 7. The molecule has 0 saturated carbocycles. The predicted octanol–water partition coefficient (Wildman–Crippen LogP) is 3.70. The van der Waals surface area contributed by atoms with Crippen LogP contribution in [0.4, 0.5) is 8.78 Å². The Labute approximate surface area is 220 Å². The van der Waals surface area contributed by atoms with Gasteiger partial charge in [-0.1, -0.05) is 11.6 Å². The quantitative estimate of drug-likeness (QED) is 0.397. The van der Waals surface area contributed by atoms with E-state index < -0.39 is 18.2 Å². The number of carbonyl (C=O) groups is 1. The van der Waals surface area contributed by atoms with E-state index in [-0.39, 0.29) is 39.8 Å². The standard InChI is InChI=1S/C25H21ClF2N8O2/c1-12-24(15-6-7-29-17(10-37)22(15)27)32-25(31-12)19-4-2-14-8-13(9-20(38)36(14)19)21-18(35-11-30-33-34-35)5-3-16(26)23(21)28/h3,5-7,9,11,14,19,37H,2,4,8,10H2,1H3,(H,31,32). The first-order valence-electron chi connectivity index (χ1n) is 11.9. The lowest BCUT2D eigenvalue weighted by molar-refractivity contribution is -0.129. The third kappa shape index (κ3) is 3.87. The second kappa shape index (κ2) is 9.37. The Morgan fingerprint density at radius 1 is 1.21 bits per heavy atom. The molecule has 2 N–H and O–H groups in total. The number of benzene rings is 1. The number of fused-ring (bicyclic) bond motifs is 1. The van der Waals surface area contributed by atoms with Crippen LogP contribution in [0.3, 0.4) is 0 Å². The monoisotopic (exact) mass is 538 g/mol. The van der Waals surface area contributed by atoms with Gasteiger partial charge < -0.3 is 15.0 Å². The molecule has 2 atom stereocenters. The van der Waals surface area contributed by atoms with Crippen LogP contribution in [-0.4, -0.2) is 57.1 Å². The van der Waals surface area contributed by atoms with Gasteiger partial charge in [-0.05, 0) is 60.4 Å². The normalized spacial score (nSPS) is 19.1. The largest absolute Gasteiger partial charge is 0.390 e. The topological polar surface area (TPSA) is 126 Å². The van der Waals surface area contributed by atoms with Crippen molar-refractivity contribution in [3.63, 3.8) is 0 Å². The number of pyridine rings is 1. The van der Waals surface area contributed by atoms with E-state index in [1.165, 1.54) is 35.4 Å². The molecule has 2 unspecified atom stereocenters. The van der Waals surface area contributed by atoms with Crippen molar-refractivity contribution in [3.8, 4) is 16.9 Å². The van der Waals surface area contributed by atoms with Crippen molar-refractivity contribution in [1.82, 2.24) is 40.1 Å². The maximum atomic E-state index is 15.3. The summed E-state index contributed by atoms with van der Waals surface area (Å²) >= 11 is 6.10. The molecule has 2 aliphatic heterocycles. The lowest BCUT2D eigenvalue weighted by atomic mass is 9.92. The summed E-state index contributed by atoms with van der Waals surface area (Å²) < 4.78 is 31.5. The minimum absolute atomic E-state index is 0.0582. The van der Waals surface area contributed by atoms with Gasteiger partial charge in [0.1, 0.15) is 17.8 Å². The Morgan fingerprint density at radius 3 is 2.82 bits per heavy atom. The van der Waals surface area contributed by atoms with Gasteiger partial charge in [0.05, 0.1) is 34.7 Å². The Kier molecular flexibility index (Phi) is 6.00. The van der Waals surface area contributed by atoms with Gasteiger partial charge >= 0.3 is 0 Å². The van der Waals surface area contributed by atoms with E-state index in [1.54, 1.807) is 17.9 Å².